The Morgan fingerprint density at radius 1 is 1.40 bits per heavy atom. The quantitative estimate of drug-likeness (QED) is 0.754. The Morgan fingerprint density at radius 2 is 2.13 bits per heavy atom. The second-order valence-corrected chi connectivity index (χ2v) is 3.51. The maximum Gasteiger partial charge on any atom is 0.389 e. The average molecular weight is 220 g/mol. The van der Waals surface area contributed by atoms with Crippen molar-refractivity contribution in [2.75, 3.05) is 6.54 Å². The van der Waals surface area contributed by atoms with E-state index < -0.39 is 12.6 Å². The molecule has 0 saturated heterocycles. The molecule has 1 aromatic heterocycles. The molecule has 2 nitrogen and oxygen atoms in total. The van der Waals surface area contributed by atoms with Gasteiger partial charge in [0.15, 0.2) is 0 Å². The lowest BCUT2D eigenvalue weighted by Gasteiger charge is -2.07. The van der Waals surface area contributed by atoms with Crippen molar-refractivity contribution < 1.29 is 13.2 Å². The second kappa shape index (κ2) is 5.21. The SMILES string of the molecule is Cn1cccc1CNCCCC(F)(F)F. The minimum Gasteiger partial charge on any atom is -0.353 e. The molecule has 0 aliphatic heterocycles. The van der Waals surface area contributed by atoms with E-state index in [0.29, 0.717) is 13.1 Å². The Hall–Kier alpha value is -0.970. The molecule has 0 bridgehead atoms. The summed E-state index contributed by atoms with van der Waals surface area (Å²) in [6, 6.07) is 3.85. The number of nitrogens with one attached hydrogen (secondary N) is 1. The van der Waals surface area contributed by atoms with Crippen molar-refractivity contribution in [1.82, 2.24) is 9.88 Å². The van der Waals surface area contributed by atoms with Crippen LogP contribution in [0.3, 0.4) is 0 Å². The fraction of sp³-hybridized carbons (Fsp3) is 0.600. The molecule has 5 heteroatoms. The number of rotatable bonds is 5. The van der Waals surface area contributed by atoms with Gasteiger partial charge in [0.25, 0.3) is 0 Å². The topological polar surface area (TPSA) is 17.0 Å². The highest BCUT2D eigenvalue weighted by Crippen LogP contribution is 2.20. The maximum atomic E-state index is 11.8. The summed E-state index contributed by atoms with van der Waals surface area (Å²) < 4.78 is 37.3. The molecule has 0 unspecified atom stereocenters. The van der Waals surface area contributed by atoms with E-state index in [0.717, 1.165) is 5.69 Å². The number of nitrogens with zero attached hydrogens (tertiary/aromatic N) is 1. The summed E-state index contributed by atoms with van der Waals surface area (Å²) in [7, 11) is 1.91. The van der Waals surface area contributed by atoms with Gasteiger partial charge in [0.2, 0.25) is 0 Å². The Kier molecular flexibility index (Phi) is 4.20. The Balaban J connectivity index is 2.10. The van der Waals surface area contributed by atoms with Crippen LogP contribution in [-0.4, -0.2) is 17.3 Å². The molecular weight excluding hydrogens is 205 g/mol. The van der Waals surface area contributed by atoms with E-state index in [1.54, 1.807) is 0 Å². The molecule has 0 radical (unpaired) electrons. The highest BCUT2D eigenvalue weighted by Gasteiger charge is 2.25. The van der Waals surface area contributed by atoms with Crippen molar-refractivity contribution in [3.8, 4) is 0 Å². The normalized spacial score (nSPS) is 12.0. The van der Waals surface area contributed by atoms with Crippen LogP contribution in [0.25, 0.3) is 0 Å². The number of aromatic nitrogens is 1. The van der Waals surface area contributed by atoms with E-state index in [-0.39, 0.29) is 6.42 Å². The lowest BCUT2D eigenvalue weighted by Crippen LogP contribution is -2.18. The first-order valence-electron chi connectivity index (χ1n) is 4.87. The largest absolute Gasteiger partial charge is 0.389 e. The van der Waals surface area contributed by atoms with E-state index in [9.17, 15) is 13.2 Å². The minimum absolute atomic E-state index is 0.133. The molecule has 0 amide bonds. The molecule has 0 saturated carbocycles. The van der Waals surface area contributed by atoms with E-state index in [1.165, 1.54) is 0 Å². The van der Waals surface area contributed by atoms with E-state index in [4.69, 9.17) is 0 Å². The third-order valence-electron chi connectivity index (χ3n) is 2.17. The summed E-state index contributed by atoms with van der Waals surface area (Å²) in [6.45, 7) is 1.01. The summed E-state index contributed by atoms with van der Waals surface area (Å²) in [5.41, 5.74) is 1.07. The second-order valence-electron chi connectivity index (χ2n) is 3.51. The van der Waals surface area contributed by atoms with Crippen molar-refractivity contribution in [2.24, 2.45) is 7.05 Å². The van der Waals surface area contributed by atoms with Crippen LogP contribution in [0.5, 0.6) is 0 Å². The molecule has 0 fully saturated rings. The predicted octanol–water partition coefficient (Wildman–Crippen LogP) is 2.46. The van der Waals surface area contributed by atoms with Crippen molar-refractivity contribution in [3.05, 3.63) is 24.0 Å². The Morgan fingerprint density at radius 3 is 2.67 bits per heavy atom. The fourth-order valence-corrected chi connectivity index (χ4v) is 1.31. The van der Waals surface area contributed by atoms with Crippen LogP contribution in [0, 0.1) is 0 Å². The average Bonchev–Trinajstić information content (AvgIpc) is 2.49. The van der Waals surface area contributed by atoms with E-state index >= 15 is 0 Å². The van der Waals surface area contributed by atoms with E-state index in [1.807, 2.05) is 29.9 Å². The maximum absolute atomic E-state index is 11.8. The first kappa shape index (κ1) is 12.1. The van der Waals surface area contributed by atoms with Crippen LogP contribution in [0.15, 0.2) is 18.3 Å². The Labute approximate surface area is 87.1 Å². The molecule has 15 heavy (non-hydrogen) atoms. The molecule has 1 N–H and O–H groups in total. The van der Waals surface area contributed by atoms with Crippen LogP contribution in [0.1, 0.15) is 18.5 Å². The zero-order valence-corrected chi connectivity index (χ0v) is 8.64. The number of halogens is 3. The highest BCUT2D eigenvalue weighted by atomic mass is 19.4. The fourth-order valence-electron chi connectivity index (χ4n) is 1.31. The van der Waals surface area contributed by atoms with Gasteiger partial charge >= 0.3 is 6.18 Å². The van der Waals surface area contributed by atoms with Crippen LogP contribution < -0.4 is 5.32 Å². The lowest BCUT2D eigenvalue weighted by molar-refractivity contribution is -0.135. The summed E-state index contributed by atoms with van der Waals surface area (Å²) in [6.07, 6.45) is -2.71. The van der Waals surface area contributed by atoms with Gasteiger partial charge < -0.3 is 9.88 Å². The standard InChI is InChI=1S/C10H15F3N2/c1-15-7-2-4-9(15)8-14-6-3-5-10(11,12)13/h2,4,7,14H,3,5-6,8H2,1H3. The number of alkyl halides is 3. The van der Waals surface area contributed by atoms with E-state index in [2.05, 4.69) is 5.32 Å². The van der Waals surface area contributed by atoms with Crippen molar-refractivity contribution >= 4 is 0 Å². The first-order valence-corrected chi connectivity index (χ1v) is 4.87. The van der Waals surface area contributed by atoms with Crippen LogP contribution in [0.4, 0.5) is 13.2 Å². The molecule has 86 valence electrons. The third kappa shape index (κ3) is 4.88. The van der Waals surface area contributed by atoms with Gasteiger partial charge in [0, 0.05) is 31.9 Å². The molecule has 1 rings (SSSR count). The molecular formula is C10H15F3N2. The number of aryl methyl sites for hydroxylation is 1. The zero-order valence-electron chi connectivity index (χ0n) is 8.64. The summed E-state index contributed by atoms with van der Waals surface area (Å²) in [5.74, 6) is 0. The summed E-state index contributed by atoms with van der Waals surface area (Å²) >= 11 is 0. The molecule has 1 heterocycles. The van der Waals surface area contributed by atoms with Gasteiger partial charge in [-0.1, -0.05) is 0 Å². The van der Waals surface area contributed by atoms with Gasteiger partial charge in [-0.05, 0) is 25.1 Å². The minimum atomic E-state index is -4.04. The van der Waals surface area contributed by atoms with Crippen molar-refractivity contribution in [1.29, 1.82) is 0 Å². The predicted molar refractivity (Wildman–Crippen MR) is 52.4 cm³/mol. The first-order chi connectivity index (χ1) is 6.99. The third-order valence-corrected chi connectivity index (χ3v) is 2.17. The van der Waals surface area contributed by atoms with Gasteiger partial charge in [-0.2, -0.15) is 13.2 Å². The molecule has 0 spiro atoms. The van der Waals surface area contributed by atoms with Crippen LogP contribution >= 0.6 is 0 Å². The van der Waals surface area contributed by atoms with Crippen LogP contribution in [-0.2, 0) is 13.6 Å². The van der Waals surface area contributed by atoms with Gasteiger partial charge in [-0.3, -0.25) is 0 Å². The monoisotopic (exact) mass is 220 g/mol. The molecule has 0 aliphatic rings. The summed E-state index contributed by atoms with van der Waals surface area (Å²) in [5, 5.41) is 2.98. The Bertz CT molecular complexity index is 291. The smallest absolute Gasteiger partial charge is 0.353 e. The van der Waals surface area contributed by atoms with Gasteiger partial charge in [0.1, 0.15) is 0 Å². The zero-order chi connectivity index (χ0) is 11.3. The number of hydrogen-bond donors (Lipinski definition) is 1. The van der Waals surface area contributed by atoms with Gasteiger partial charge in [-0.25, -0.2) is 0 Å². The lowest BCUT2D eigenvalue weighted by atomic mass is 10.3. The molecule has 0 aliphatic carbocycles. The highest BCUT2D eigenvalue weighted by molar-refractivity contribution is 5.05. The van der Waals surface area contributed by atoms with Crippen LogP contribution in [0.2, 0.25) is 0 Å². The molecule has 0 atom stereocenters. The van der Waals surface area contributed by atoms with Gasteiger partial charge in [0.05, 0.1) is 0 Å². The summed E-state index contributed by atoms with van der Waals surface area (Å²) in [4.78, 5) is 0. The molecule has 1 aromatic rings. The van der Waals surface area contributed by atoms with Crippen molar-refractivity contribution in [3.63, 3.8) is 0 Å². The molecule has 0 aromatic carbocycles. The number of hydrogen-bond acceptors (Lipinski definition) is 1. The van der Waals surface area contributed by atoms with Crippen molar-refractivity contribution in [2.45, 2.75) is 25.6 Å². The van der Waals surface area contributed by atoms with Gasteiger partial charge in [-0.15, -0.1) is 0 Å².